The fourth-order valence-corrected chi connectivity index (χ4v) is 3.36. The summed E-state index contributed by atoms with van der Waals surface area (Å²) in [6.45, 7) is 4.27. The van der Waals surface area contributed by atoms with Gasteiger partial charge in [-0.15, -0.1) is 0 Å². The van der Waals surface area contributed by atoms with Crippen molar-refractivity contribution in [3.8, 4) is 0 Å². The molecule has 0 aromatic carbocycles. The molecule has 0 rings (SSSR count). The fraction of sp³-hybridized carbons (Fsp3) is 0.905. The molecule has 0 saturated carbocycles. The SMILES string of the molecule is CCCCCCCC(CCCCCCC(CCCC)C(=O)O)C(=O)O. The molecule has 0 aromatic heterocycles. The number of aliphatic carboxylic acids is 2. The molecule has 0 aliphatic heterocycles. The maximum absolute atomic E-state index is 11.3. The number of carbonyl (C=O) groups is 2. The molecular weight excluding hydrogens is 316 g/mol. The lowest BCUT2D eigenvalue weighted by Gasteiger charge is -2.13. The number of carboxylic acid groups (broad SMARTS) is 2. The Bertz CT molecular complexity index is 341. The van der Waals surface area contributed by atoms with Gasteiger partial charge in [-0.25, -0.2) is 0 Å². The van der Waals surface area contributed by atoms with E-state index in [1.807, 2.05) is 0 Å². The van der Waals surface area contributed by atoms with Crippen LogP contribution in [0.4, 0.5) is 0 Å². The highest BCUT2D eigenvalue weighted by atomic mass is 16.4. The Morgan fingerprint density at radius 1 is 0.560 bits per heavy atom. The van der Waals surface area contributed by atoms with Crippen molar-refractivity contribution in [2.75, 3.05) is 0 Å². The van der Waals surface area contributed by atoms with Gasteiger partial charge in [0.05, 0.1) is 11.8 Å². The van der Waals surface area contributed by atoms with E-state index >= 15 is 0 Å². The first-order chi connectivity index (χ1) is 12.0. The van der Waals surface area contributed by atoms with Crippen LogP contribution in [0.25, 0.3) is 0 Å². The first kappa shape index (κ1) is 23.9. The Morgan fingerprint density at radius 2 is 0.880 bits per heavy atom. The molecule has 0 aromatic rings. The monoisotopic (exact) mass is 356 g/mol. The summed E-state index contributed by atoms with van der Waals surface area (Å²) < 4.78 is 0. The van der Waals surface area contributed by atoms with Crippen LogP contribution in [0.5, 0.6) is 0 Å². The summed E-state index contributed by atoms with van der Waals surface area (Å²) in [6.07, 6.45) is 14.9. The van der Waals surface area contributed by atoms with Gasteiger partial charge in [-0.3, -0.25) is 9.59 Å². The van der Waals surface area contributed by atoms with Crippen LogP contribution in [0.2, 0.25) is 0 Å². The van der Waals surface area contributed by atoms with Crippen LogP contribution in [0.3, 0.4) is 0 Å². The molecule has 0 radical (unpaired) electrons. The normalized spacial score (nSPS) is 13.5. The van der Waals surface area contributed by atoms with Gasteiger partial charge in [-0.2, -0.15) is 0 Å². The molecule has 0 fully saturated rings. The third-order valence-corrected chi connectivity index (χ3v) is 5.12. The summed E-state index contributed by atoms with van der Waals surface area (Å²) >= 11 is 0. The maximum Gasteiger partial charge on any atom is 0.306 e. The van der Waals surface area contributed by atoms with Crippen molar-refractivity contribution in [2.24, 2.45) is 11.8 Å². The molecule has 0 aliphatic carbocycles. The van der Waals surface area contributed by atoms with Crippen molar-refractivity contribution < 1.29 is 19.8 Å². The van der Waals surface area contributed by atoms with E-state index in [9.17, 15) is 19.8 Å². The van der Waals surface area contributed by atoms with Crippen molar-refractivity contribution in [1.29, 1.82) is 0 Å². The van der Waals surface area contributed by atoms with Crippen LogP contribution in [-0.4, -0.2) is 22.2 Å². The van der Waals surface area contributed by atoms with Gasteiger partial charge in [0, 0.05) is 0 Å². The predicted octanol–water partition coefficient (Wildman–Crippen LogP) is 6.28. The molecule has 2 unspecified atom stereocenters. The van der Waals surface area contributed by atoms with Crippen LogP contribution >= 0.6 is 0 Å². The quantitative estimate of drug-likeness (QED) is 0.283. The minimum atomic E-state index is -0.664. The average molecular weight is 357 g/mol. The van der Waals surface area contributed by atoms with E-state index in [2.05, 4.69) is 13.8 Å². The lowest BCUT2D eigenvalue weighted by Crippen LogP contribution is -2.14. The zero-order valence-electron chi connectivity index (χ0n) is 16.5. The molecule has 0 bridgehead atoms. The average Bonchev–Trinajstić information content (AvgIpc) is 2.57. The number of unbranched alkanes of at least 4 members (excludes halogenated alkanes) is 8. The smallest absolute Gasteiger partial charge is 0.306 e. The Hall–Kier alpha value is -1.06. The van der Waals surface area contributed by atoms with Gasteiger partial charge < -0.3 is 10.2 Å². The van der Waals surface area contributed by atoms with E-state index in [1.54, 1.807) is 0 Å². The molecular formula is C21H40O4. The molecule has 0 saturated heterocycles. The number of hydrogen-bond donors (Lipinski definition) is 2. The van der Waals surface area contributed by atoms with Crippen molar-refractivity contribution >= 4 is 11.9 Å². The lowest BCUT2D eigenvalue weighted by atomic mass is 9.93. The first-order valence-corrected chi connectivity index (χ1v) is 10.5. The van der Waals surface area contributed by atoms with E-state index in [0.29, 0.717) is 0 Å². The lowest BCUT2D eigenvalue weighted by molar-refractivity contribution is -0.143. The van der Waals surface area contributed by atoms with Gasteiger partial charge in [0.25, 0.3) is 0 Å². The minimum Gasteiger partial charge on any atom is -0.481 e. The molecule has 4 heteroatoms. The zero-order chi connectivity index (χ0) is 18.9. The second-order valence-electron chi connectivity index (χ2n) is 7.41. The van der Waals surface area contributed by atoms with E-state index in [1.165, 1.54) is 19.3 Å². The third-order valence-electron chi connectivity index (χ3n) is 5.12. The number of rotatable bonds is 18. The van der Waals surface area contributed by atoms with Crippen LogP contribution in [0.1, 0.15) is 110 Å². The standard InChI is InChI=1S/C21H40O4/c1-3-5-7-8-11-16-19(21(24)25)17-13-10-9-12-15-18(20(22)23)14-6-4-2/h18-19H,3-17H2,1-2H3,(H,22,23)(H,24,25). The van der Waals surface area contributed by atoms with Crippen molar-refractivity contribution in [2.45, 2.75) is 110 Å². The summed E-state index contributed by atoms with van der Waals surface area (Å²) in [5.74, 6) is -1.71. The van der Waals surface area contributed by atoms with Gasteiger partial charge in [0.2, 0.25) is 0 Å². The highest BCUT2D eigenvalue weighted by molar-refractivity contribution is 5.70. The van der Waals surface area contributed by atoms with E-state index in [4.69, 9.17) is 0 Å². The molecule has 0 spiro atoms. The second-order valence-corrected chi connectivity index (χ2v) is 7.41. The number of hydrogen-bond acceptors (Lipinski definition) is 2. The molecule has 148 valence electrons. The molecule has 2 N–H and O–H groups in total. The highest BCUT2D eigenvalue weighted by Gasteiger charge is 2.17. The van der Waals surface area contributed by atoms with Crippen molar-refractivity contribution in [1.82, 2.24) is 0 Å². The third kappa shape index (κ3) is 13.9. The van der Waals surface area contributed by atoms with Gasteiger partial charge in [-0.05, 0) is 25.7 Å². The number of carboxylic acids is 2. The Morgan fingerprint density at radius 3 is 1.20 bits per heavy atom. The maximum atomic E-state index is 11.3. The highest BCUT2D eigenvalue weighted by Crippen LogP contribution is 2.21. The largest absolute Gasteiger partial charge is 0.481 e. The summed E-state index contributed by atoms with van der Waals surface area (Å²) in [7, 11) is 0. The summed E-state index contributed by atoms with van der Waals surface area (Å²) in [5.41, 5.74) is 0. The van der Waals surface area contributed by atoms with Crippen molar-refractivity contribution in [3.05, 3.63) is 0 Å². The Balaban J connectivity index is 3.79. The molecule has 0 amide bonds. The van der Waals surface area contributed by atoms with Gasteiger partial charge in [-0.1, -0.05) is 84.5 Å². The summed E-state index contributed by atoms with van der Waals surface area (Å²) in [5, 5.41) is 18.5. The Labute approximate surface area is 154 Å². The Kier molecular flexibility index (Phi) is 15.7. The van der Waals surface area contributed by atoms with E-state index < -0.39 is 11.9 Å². The van der Waals surface area contributed by atoms with E-state index in [-0.39, 0.29) is 11.8 Å². The van der Waals surface area contributed by atoms with Crippen LogP contribution in [0, 0.1) is 11.8 Å². The molecule has 0 heterocycles. The van der Waals surface area contributed by atoms with Gasteiger partial charge in [0.1, 0.15) is 0 Å². The molecule has 4 nitrogen and oxygen atoms in total. The molecule has 0 aliphatic rings. The van der Waals surface area contributed by atoms with Gasteiger partial charge >= 0.3 is 11.9 Å². The minimum absolute atomic E-state index is 0.196. The fourth-order valence-electron chi connectivity index (χ4n) is 3.36. The zero-order valence-corrected chi connectivity index (χ0v) is 16.5. The van der Waals surface area contributed by atoms with E-state index in [0.717, 1.165) is 77.0 Å². The van der Waals surface area contributed by atoms with Gasteiger partial charge in [0.15, 0.2) is 0 Å². The molecule has 2 atom stereocenters. The first-order valence-electron chi connectivity index (χ1n) is 10.5. The predicted molar refractivity (Wildman–Crippen MR) is 103 cm³/mol. The van der Waals surface area contributed by atoms with Crippen LogP contribution in [-0.2, 0) is 9.59 Å². The second kappa shape index (κ2) is 16.4. The van der Waals surface area contributed by atoms with Crippen molar-refractivity contribution in [3.63, 3.8) is 0 Å². The summed E-state index contributed by atoms with van der Waals surface area (Å²) in [6, 6.07) is 0. The summed E-state index contributed by atoms with van der Waals surface area (Å²) in [4.78, 5) is 22.5. The molecule has 25 heavy (non-hydrogen) atoms. The topological polar surface area (TPSA) is 74.6 Å². The van der Waals surface area contributed by atoms with Crippen LogP contribution < -0.4 is 0 Å². The van der Waals surface area contributed by atoms with Crippen LogP contribution in [0.15, 0.2) is 0 Å².